The van der Waals surface area contributed by atoms with Crippen LogP contribution in [0.25, 0.3) is 16.4 Å². The Kier molecular flexibility index (Phi) is 7.36. The van der Waals surface area contributed by atoms with Crippen LogP contribution in [0.3, 0.4) is 0 Å². The molecule has 0 aliphatic rings. The van der Waals surface area contributed by atoms with Crippen molar-refractivity contribution in [2.45, 2.75) is 17.8 Å². The van der Waals surface area contributed by atoms with Gasteiger partial charge in [-0.2, -0.15) is 0 Å². The maximum Gasteiger partial charge on any atom is 0.251 e. The minimum absolute atomic E-state index is 0.0995. The highest BCUT2D eigenvalue weighted by molar-refractivity contribution is 7.98. The fraction of sp³-hybridized carbons (Fsp3) is 0.208. The minimum Gasteiger partial charge on any atom is -0.383 e. The highest BCUT2D eigenvalue weighted by Crippen LogP contribution is 2.32. The van der Waals surface area contributed by atoms with Crippen molar-refractivity contribution < 1.29 is 9.53 Å². The lowest BCUT2D eigenvalue weighted by atomic mass is 10.1. The van der Waals surface area contributed by atoms with Gasteiger partial charge < -0.3 is 10.1 Å². The molecule has 0 atom stereocenters. The van der Waals surface area contributed by atoms with Gasteiger partial charge >= 0.3 is 0 Å². The predicted octanol–water partition coefficient (Wildman–Crippen LogP) is 4.97. The highest BCUT2D eigenvalue weighted by atomic mass is 32.2. The molecule has 1 N–H and O–H groups in total. The van der Waals surface area contributed by atoms with Crippen LogP contribution >= 0.6 is 23.1 Å². The average Bonchev–Trinajstić information content (AvgIpc) is 3.48. The van der Waals surface area contributed by atoms with Gasteiger partial charge in [0.1, 0.15) is 0 Å². The van der Waals surface area contributed by atoms with Gasteiger partial charge in [-0.3, -0.25) is 9.36 Å². The number of hydrogen-bond acceptors (Lipinski definition) is 6. The highest BCUT2D eigenvalue weighted by Gasteiger charge is 2.18. The van der Waals surface area contributed by atoms with Crippen LogP contribution in [0.5, 0.6) is 0 Å². The molecule has 32 heavy (non-hydrogen) atoms. The first-order chi connectivity index (χ1) is 15.7. The summed E-state index contributed by atoms with van der Waals surface area (Å²) in [6.45, 7) is 3.02. The fourth-order valence-electron chi connectivity index (χ4n) is 3.23. The van der Waals surface area contributed by atoms with E-state index < -0.39 is 0 Å². The van der Waals surface area contributed by atoms with E-state index in [1.54, 1.807) is 30.2 Å². The van der Waals surface area contributed by atoms with Gasteiger partial charge in [0.05, 0.1) is 11.5 Å². The number of methoxy groups -OCH3 is 1. The smallest absolute Gasteiger partial charge is 0.251 e. The first kappa shape index (κ1) is 22.3. The van der Waals surface area contributed by atoms with Gasteiger partial charge in [0.15, 0.2) is 11.0 Å². The molecular formula is C24H24N4O2S2. The van der Waals surface area contributed by atoms with Crippen molar-refractivity contribution in [2.75, 3.05) is 20.3 Å². The summed E-state index contributed by atoms with van der Waals surface area (Å²) >= 11 is 3.20. The van der Waals surface area contributed by atoms with Crippen LogP contribution in [0.15, 0.2) is 71.2 Å². The van der Waals surface area contributed by atoms with E-state index >= 15 is 0 Å². The molecule has 6 nitrogen and oxygen atoms in total. The number of thioether (sulfide) groups is 1. The Labute approximate surface area is 195 Å². The van der Waals surface area contributed by atoms with Gasteiger partial charge in [-0.15, -0.1) is 21.5 Å². The van der Waals surface area contributed by atoms with Crippen molar-refractivity contribution in [3.8, 4) is 16.4 Å². The van der Waals surface area contributed by atoms with Crippen molar-refractivity contribution in [1.29, 1.82) is 0 Å². The van der Waals surface area contributed by atoms with E-state index in [1.165, 1.54) is 5.56 Å². The van der Waals surface area contributed by atoms with E-state index in [1.807, 2.05) is 41.8 Å². The molecule has 2 heterocycles. The lowest BCUT2D eigenvalue weighted by molar-refractivity contribution is 0.0936. The molecule has 0 bridgehead atoms. The van der Waals surface area contributed by atoms with Crippen LogP contribution in [-0.2, 0) is 10.5 Å². The molecule has 2 aromatic carbocycles. The van der Waals surface area contributed by atoms with Crippen molar-refractivity contribution in [3.63, 3.8) is 0 Å². The number of hydrogen-bond donors (Lipinski definition) is 1. The van der Waals surface area contributed by atoms with Gasteiger partial charge in [-0.05, 0) is 42.1 Å². The van der Waals surface area contributed by atoms with E-state index in [9.17, 15) is 4.79 Å². The number of carbonyl (C=O) groups excluding carboxylic acids is 1. The minimum atomic E-state index is -0.0995. The molecule has 0 aliphatic heterocycles. The number of carbonyl (C=O) groups is 1. The summed E-state index contributed by atoms with van der Waals surface area (Å²) in [5.74, 6) is 1.32. The Hall–Kier alpha value is -2.94. The molecule has 0 spiro atoms. The maximum absolute atomic E-state index is 12.6. The number of rotatable bonds is 9. The number of aromatic nitrogens is 3. The molecule has 1 amide bonds. The monoisotopic (exact) mass is 464 g/mol. The molecule has 8 heteroatoms. The topological polar surface area (TPSA) is 69.0 Å². The largest absolute Gasteiger partial charge is 0.383 e. The van der Waals surface area contributed by atoms with E-state index in [2.05, 4.69) is 51.3 Å². The summed E-state index contributed by atoms with van der Waals surface area (Å²) in [5.41, 5.74) is 3.82. The fourth-order valence-corrected chi connectivity index (χ4v) is 4.88. The third-order valence-electron chi connectivity index (χ3n) is 4.88. The quantitative estimate of drug-likeness (QED) is 0.280. The van der Waals surface area contributed by atoms with E-state index in [-0.39, 0.29) is 5.91 Å². The van der Waals surface area contributed by atoms with Crippen molar-refractivity contribution in [3.05, 3.63) is 82.7 Å². The standard InChI is InChI=1S/C24H24N4O2S2/c1-17-9-11-19(12-10-17)28-22(21-8-5-15-31-21)26-27-24(28)32-16-18-6-3-4-7-20(18)23(29)25-13-14-30-2/h3-12,15H,13-14,16H2,1-2H3,(H,25,29). The second kappa shape index (κ2) is 10.6. The Morgan fingerprint density at radius 2 is 1.91 bits per heavy atom. The van der Waals surface area contributed by atoms with Crippen LogP contribution in [-0.4, -0.2) is 40.9 Å². The lowest BCUT2D eigenvalue weighted by Gasteiger charge is -2.12. The Bertz CT molecular complexity index is 1170. The van der Waals surface area contributed by atoms with Crippen LogP contribution in [0, 0.1) is 6.92 Å². The molecule has 4 rings (SSSR count). The van der Waals surface area contributed by atoms with Gasteiger partial charge in [-0.1, -0.05) is 53.7 Å². The van der Waals surface area contributed by atoms with Gasteiger partial charge in [0, 0.05) is 30.7 Å². The normalized spacial score (nSPS) is 10.9. The summed E-state index contributed by atoms with van der Waals surface area (Å²) in [7, 11) is 1.62. The molecule has 0 aliphatic carbocycles. The summed E-state index contributed by atoms with van der Waals surface area (Å²) in [6, 6.07) is 20.0. The molecular weight excluding hydrogens is 440 g/mol. The molecule has 0 saturated heterocycles. The van der Waals surface area contributed by atoms with Gasteiger partial charge in [-0.25, -0.2) is 0 Å². The van der Waals surface area contributed by atoms with Crippen LogP contribution in [0.4, 0.5) is 0 Å². The number of nitrogens with zero attached hydrogens (tertiary/aromatic N) is 3. The number of benzene rings is 2. The summed E-state index contributed by atoms with van der Waals surface area (Å²) < 4.78 is 7.10. The summed E-state index contributed by atoms with van der Waals surface area (Å²) in [5, 5.41) is 14.7. The van der Waals surface area contributed by atoms with Crippen LogP contribution in [0.2, 0.25) is 0 Å². The van der Waals surface area contributed by atoms with Gasteiger partial charge in [0.25, 0.3) is 5.91 Å². The second-order valence-electron chi connectivity index (χ2n) is 7.15. The lowest BCUT2D eigenvalue weighted by Crippen LogP contribution is -2.27. The van der Waals surface area contributed by atoms with E-state index in [0.29, 0.717) is 24.5 Å². The molecule has 0 radical (unpaired) electrons. The predicted molar refractivity (Wildman–Crippen MR) is 130 cm³/mol. The molecule has 4 aromatic rings. The van der Waals surface area contributed by atoms with Gasteiger partial charge in [0.2, 0.25) is 0 Å². The number of aryl methyl sites for hydroxylation is 1. The number of ether oxygens (including phenoxy) is 1. The zero-order chi connectivity index (χ0) is 22.3. The first-order valence-corrected chi connectivity index (χ1v) is 12.1. The van der Waals surface area contributed by atoms with E-state index in [4.69, 9.17) is 4.74 Å². The first-order valence-electron chi connectivity index (χ1n) is 10.2. The number of nitrogens with one attached hydrogen (secondary N) is 1. The summed E-state index contributed by atoms with van der Waals surface area (Å²) in [4.78, 5) is 13.7. The zero-order valence-corrected chi connectivity index (χ0v) is 19.6. The summed E-state index contributed by atoms with van der Waals surface area (Å²) in [6.07, 6.45) is 0. The van der Waals surface area contributed by atoms with E-state index in [0.717, 1.165) is 27.1 Å². The maximum atomic E-state index is 12.6. The Morgan fingerprint density at radius 1 is 1.09 bits per heavy atom. The number of thiophene rings is 1. The number of amides is 1. The molecule has 164 valence electrons. The SMILES string of the molecule is COCCNC(=O)c1ccccc1CSc1nnc(-c2cccs2)n1-c1ccc(C)cc1. The Balaban J connectivity index is 1.61. The molecule has 0 fully saturated rings. The molecule has 2 aromatic heterocycles. The Morgan fingerprint density at radius 3 is 2.66 bits per heavy atom. The van der Waals surface area contributed by atoms with Crippen molar-refractivity contribution >= 4 is 29.0 Å². The van der Waals surface area contributed by atoms with Crippen molar-refractivity contribution in [2.24, 2.45) is 0 Å². The average molecular weight is 465 g/mol. The third kappa shape index (κ3) is 5.09. The van der Waals surface area contributed by atoms with Crippen molar-refractivity contribution in [1.82, 2.24) is 20.1 Å². The molecule has 0 unspecified atom stereocenters. The third-order valence-corrected chi connectivity index (χ3v) is 6.72. The van der Waals surface area contributed by atoms with Crippen LogP contribution in [0.1, 0.15) is 21.5 Å². The second-order valence-corrected chi connectivity index (χ2v) is 9.04. The molecule has 0 saturated carbocycles. The zero-order valence-electron chi connectivity index (χ0n) is 17.9. The van der Waals surface area contributed by atoms with Crippen LogP contribution < -0.4 is 5.32 Å².